The zero-order chi connectivity index (χ0) is 31.3. The van der Waals surface area contributed by atoms with Gasteiger partial charge in [-0.15, -0.1) is 0 Å². The van der Waals surface area contributed by atoms with Crippen molar-refractivity contribution in [2.45, 2.75) is 61.3 Å². The number of para-hydroxylation sites is 1. The molecule has 2 aromatic carbocycles. The minimum atomic E-state index is -0.778. The number of nitrogens with zero attached hydrogens (tertiary/aromatic N) is 2. The van der Waals surface area contributed by atoms with E-state index in [1.165, 1.54) is 0 Å². The van der Waals surface area contributed by atoms with Gasteiger partial charge in [0.25, 0.3) is 0 Å². The van der Waals surface area contributed by atoms with Crippen LogP contribution >= 0.6 is 0 Å². The number of carbonyl (C=O) groups is 2. The Bertz CT molecular complexity index is 1490. The second-order valence-corrected chi connectivity index (χ2v) is 11.7. The van der Waals surface area contributed by atoms with Gasteiger partial charge >= 0.3 is 11.9 Å². The van der Waals surface area contributed by atoms with E-state index >= 15 is 0 Å². The highest BCUT2D eigenvalue weighted by Gasteiger charge is 2.40. The summed E-state index contributed by atoms with van der Waals surface area (Å²) in [6, 6.07) is 15.7. The van der Waals surface area contributed by atoms with Gasteiger partial charge in [-0.1, -0.05) is 45.9 Å². The van der Waals surface area contributed by atoms with E-state index in [9.17, 15) is 9.59 Å². The van der Waals surface area contributed by atoms with E-state index in [1.54, 1.807) is 4.68 Å². The molecule has 1 aliphatic rings. The Labute approximate surface area is 254 Å². The van der Waals surface area contributed by atoms with Crippen molar-refractivity contribution >= 4 is 11.9 Å². The van der Waals surface area contributed by atoms with E-state index in [0.717, 1.165) is 22.6 Å². The van der Waals surface area contributed by atoms with Crippen LogP contribution in [0.2, 0.25) is 0 Å². The first-order valence-corrected chi connectivity index (χ1v) is 14.9. The molecule has 228 valence electrons. The fourth-order valence-corrected chi connectivity index (χ4v) is 5.14. The van der Waals surface area contributed by atoms with Gasteiger partial charge in [0.15, 0.2) is 0 Å². The fraction of sp³-hybridized carbons (Fsp3) is 0.400. The Hall–Kier alpha value is -4.33. The van der Waals surface area contributed by atoms with Crippen LogP contribution in [0.15, 0.2) is 77.3 Å². The summed E-state index contributed by atoms with van der Waals surface area (Å²) in [7, 11) is 0. The number of hydrogen-bond acceptors (Lipinski definition) is 7. The zero-order valence-electron chi connectivity index (χ0n) is 26.5. The number of benzene rings is 2. The number of rotatable bonds is 11. The van der Waals surface area contributed by atoms with Crippen LogP contribution < -0.4 is 10.1 Å². The molecule has 0 saturated heterocycles. The molecule has 8 nitrogen and oxygen atoms in total. The van der Waals surface area contributed by atoms with E-state index in [2.05, 4.69) is 5.32 Å². The summed E-state index contributed by atoms with van der Waals surface area (Å²) < 4.78 is 19.1. The van der Waals surface area contributed by atoms with Gasteiger partial charge in [-0.25, -0.2) is 14.3 Å². The number of carbonyl (C=O) groups excluding carboxylic acids is 2. The van der Waals surface area contributed by atoms with Crippen LogP contribution in [-0.4, -0.2) is 41.5 Å². The minimum Gasteiger partial charge on any atom is -0.494 e. The Morgan fingerprint density at radius 3 is 1.98 bits per heavy atom. The van der Waals surface area contributed by atoms with Crippen molar-refractivity contribution in [2.24, 2.45) is 11.8 Å². The number of aryl methyl sites for hydroxylation is 1. The maximum atomic E-state index is 13.8. The van der Waals surface area contributed by atoms with Gasteiger partial charge in [-0.05, 0) is 75.4 Å². The molecular weight excluding hydrogens is 542 g/mol. The van der Waals surface area contributed by atoms with Crippen LogP contribution in [0.1, 0.15) is 65.5 Å². The number of hydrogen-bond donors (Lipinski definition) is 1. The van der Waals surface area contributed by atoms with Crippen LogP contribution in [-0.2, 0) is 19.1 Å². The standard InChI is InChI=1S/C35H43N3O5/c1-9-41-29-16-15-26(17-23(29)6)33-28(18-38(37-33)27-13-11-10-12-14-27)32-30(34(39)42-19-21(2)3)24(7)36-25(8)31(32)35(40)43-20-22(4)5/h10-18,21-22,32,36H,9,19-20H2,1-8H3. The average Bonchev–Trinajstić information content (AvgIpc) is 3.41. The topological polar surface area (TPSA) is 91.7 Å². The molecule has 0 aliphatic carbocycles. The van der Waals surface area contributed by atoms with E-state index in [4.69, 9.17) is 19.3 Å². The number of esters is 2. The molecular formula is C35H43N3O5. The number of dihydropyridines is 1. The van der Waals surface area contributed by atoms with Gasteiger partial charge in [0.05, 0.1) is 48.3 Å². The molecule has 0 atom stereocenters. The van der Waals surface area contributed by atoms with E-state index in [0.29, 0.717) is 40.4 Å². The third-order valence-electron chi connectivity index (χ3n) is 7.12. The van der Waals surface area contributed by atoms with Gasteiger partial charge in [0.2, 0.25) is 0 Å². The van der Waals surface area contributed by atoms with Crippen LogP contribution in [0.25, 0.3) is 16.9 Å². The highest BCUT2D eigenvalue weighted by molar-refractivity contribution is 6.00. The quantitative estimate of drug-likeness (QED) is 0.245. The molecule has 0 saturated carbocycles. The van der Waals surface area contributed by atoms with E-state index in [-0.39, 0.29) is 25.0 Å². The first kappa shape index (κ1) is 31.6. The van der Waals surface area contributed by atoms with Crippen LogP contribution in [0, 0.1) is 18.8 Å². The van der Waals surface area contributed by atoms with Gasteiger partial charge in [0, 0.05) is 28.7 Å². The summed E-state index contributed by atoms with van der Waals surface area (Å²) in [5.74, 6) is -0.649. The third kappa shape index (κ3) is 7.19. The lowest BCUT2D eigenvalue weighted by Gasteiger charge is -2.30. The second-order valence-electron chi connectivity index (χ2n) is 11.7. The van der Waals surface area contributed by atoms with Gasteiger partial charge in [-0.2, -0.15) is 5.10 Å². The molecule has 0 radical (unpaired) electrons. The van der Waals surface area contributed by atoms with Crippen molar-refractivity contribution in [3.63, 3.8) is 0 Å². The highest BCUT2D eigenvalue weighted by Crippen LogP contribution is 2.43. The summed E-state index contributed by atoms with van der Waals surface area (Å²) in [6.07, 6.45) is 1.90. The summed E-state index contributed by atoms with van der Waals surface area (Å²) >= 11 is 0. The maximum absolute atomic E-state index is 13.8. The predicted molar refractivity (Wildman–Crippen MR) is 168 cm³/mol. The fourth-order valence-electron chi connectivity index (χ4n) is 5.14. The summed E-state index contributed by atoms with van der Waals surface area (Å²) in [6.45, 7) is 16.6. The first-order chi connectivity index (χ1) is 20.5. The van der Waals surface area contributed by atoms with E-state index in [1.807, 2.05) is 110 Å². The summed E-state index contributed by atoms with van der Waals surface area (Å²) in [4.78, 5) is 27.6. The number of aromatic nitrogens is 2. The third-order valence-corrected chi connectivity index (χ3v) is 7.12. The second kappa shape index (κ2) is 13.8. The Morgan fingerprint density at radius 2 is 1.47 bits per heavy atom. The lowest BCUT2D eigenvalue weighted by Crippen LogP contribution is -2.33. The molecule has 0 bridgehead atoms. The monoisotopic (exact) mass is 585 g/mol. The SMILES string of the molecule is CCOc1ccc(-c2nn(-c3ccccc3)cc2C2C(C(=O)OCC(C)C)=C(C)NC(C)=C2C(=O)OCC(C)C)cc1C. The number of nitrogens with one attached hydrogen (secondary N) is 1. The van der Waals surface area contributed by atoms with Crippen molar-refractivity contribution in [3.8, 4) is 22.7 Å². The highest BCUT2D eigenvalue weighted by atomic mass is 16.5. The largest absolute Gasteiger partial charge is 0.494 e. The van der Waals surface area contributed by atoms with Gasteiger partial charge in [0.1, 0.15) is 5.75 Å². The molecule has 3 aromatic rings. The molecule has 8 heteroatoms. The van der Waals surface area contributed by atoms with Crippen LogP contribution in [0.3, 0.4) is 0 Å². The molecule has 0 unspecified atom stereocenters. The van der Waals surface area contributed by atoms with Crippen molar-refractivity contribution < 1.29 is 23.8 Å². The van der Waals surface area contributed by atoms with Crippen molar-refractivity contribution in [3.05, 3.63) is 88.4 Å². The first-order valence-electron chi connectivity index (χ1n) is 14.9. The molecule has 1 aromatic heterocycles. The molecule has 4 rings (SSSR count). The average molecular weight is 586 g/mol. The Balaban J connectivity index is 1.97. The molecule has 0 spiro atoms. The van der Waals surface area contributed by atoms with E-state index < -0.39 is 17.9 Å². The summed E-state index contributed by atoms with van der Waals surface area (Å²) in [5, 5.41) is 8.29. The lowest BCUT2D eigenvalue weighted by molar-refractivity contribution is -0.141. The maximum Gasteiger partial charge on any atom is 0.336 e. The molecule has 2 heterocycles. The van der Waals surface area contributed by atoms with Gasteiger partial charge in [-0.3, -0.25) is 0 Å². The van der Waals surface area contributed by atoms with Crippen LogP contribution in [0.4, 0.5) is 0 Å². The van der Waals surface area contributed by atoms with Crippen molar-refractivity contribution in [1.82, 2.24) is 15.1 Å². The molecule has 0 fully saturated rings. The van der Waals surface area contributed by atoms with Gasteiger partial charge < -0.3 is 19.5 Å². The number of ether oxygens (including phenoxy) is 3. The normalized spacial score (nSPS) is 13.9. The van der Waals surface area contributed by atoms with Crippen molar-refractivity contribution in [2.75, 3.05) is 19.8 Å². The number of allylic oxidation sites excluding steroid dienone is 2. The predicted octanol–water partition coefficient (Wildman–Crippen LogP) is 6.88. The smallest absolute Gasteiger partial charge is 0.336 e. The molecule has 43 heavy (non-hydrogen) atoms. The molecule has 0 amide bonds. The van der Waals surface area contributed by atoms with Crippen molar-refractivity contribution in [1.29, 1.82) is 0 Å². The summed E-state index contributed by atoms with van der Waals surface area (Å²) in [5.41, 5.74) is 5.95. The Morgan fingerprint density at radius 1 is 0.884 bits per heavy atom. The Kier molecular flexibility index (Phi) is 10.1. The minimum absolute atomic E-state index is 0.149. The molecule has 1 aliphatic heterocycles. The zero-order valence-corrected chi connectivity index (χ0v) is 26.5. The lowest BCUT2D eigenvalue weighted by atomic mass is 9.79. The molecule has 1 N–H and O–H groups in total. The van der Waals surface area contributed by atoms with Crippen LogP contribution in [0.5, 0.6) is 5.75 Å².